The highest BCUT2D eigenvalue weighted by molar-refractivity contribution is 5.94. The zero-order valence-corrected chi connectivity index (χ0v) is 15.3. The van der Waals surface area contributed by atoms with Crippen LogP contribution in [0.3, 0.4) is 0 Å². The molecule has 0 heterocycles. The van der Waals surface area contributed by atoms with Crippen molar-refractivity contribution in [2.24, 2.45) is 0 Å². The van der Waals surface area contributed by atoms with Gasteiger partial charge in [-0.15, -0.1) is 0 Å². The third-order valence-corrected chi connectivity index (χ3v) is 4.58. The number of nitrogens with zero attached hydrogens (tertiary/aromatic N) is 6. The van der Waals surface area contributed by atoms with Crippen molar-refractivity contribution in [3.05, 3.63) is 81.9 Å². The normalized spacial score (nSPS) is 9.13. The maximum Gasteiger partial charge on any atom is 0.102 e. The topological polar surface area (TPSA) is 143 Å². The lowest BCUT2D eigenvalue weighted by Gasteiger charge is -2.17. The van der Waals surface area contributed by atoms with Crippen molar-refractivity contribution in [3.63, 3.8) is 0 Å². The van der Waals surface area contributed by atoms with E-state index in [1.807, 2.05) is 30.3 Å². The number of hydrogen-bond acceptors (Lipinski definition) is 6. The second-order valence-corrected chi connectivity index (χ2v) is 6.01. The minimum atomic E-state index is -0.311. The van der Waals surface area contributed by atoms with E-state index in [1.54, 1.807) is 48.5 Å². The van der Waals surface area contributed by atoms with Gasteiger partial charge in [-0.05, 0) is 17.2 Å². The maximum absolute atomic E-state index is 9.82. The molecule has 0 fully saturated rings. The summed E-state index contributed by atoms with van der Waals surface area (Å²) >= 11 is 0. The summed E-state index contributed by atoms with van der Waals surface area (Å²) in [5.74, 6) is 0. The summed E-state index contributed by atoms with van der Waals surface area (Å²) in [5.41, 5.74) is 0.619. The Morgan fingerprint density at radius 2 is 0.933 bits per heavy atom. The van der Waals surface area contributed by atoms with E-state index in [2.05, 4.69) is 6.07 Å². The fourth-order valence-electron chi connectivity index (χ4n) is 3.35. The van der Waals surface area contributed by atoms with Gasteiger partial charge in [0, 0.05) is 11.1 Å². The molecule has 0 aliphatic rings. The molecule has 0 amide bonds. The molecule has 6 heteroatoms. The third kappa shape index (κ3) is 2.87. The summed E-state index contributed by atoms with van der Waals surface area (Å²) in [7, 11) is 0. The summed E-state index contributed by atoms with van der Waals surface area (Å²) in [6, 6.07) is 25.1. The van der Waals surface area contributed by atoms with Crippen LogP contribution in [0, 0.1) is 68.0 Å². The zero-order chi connectivity index (χ0) is 21.7. The average molecular weight is 380 g/mol. The number of rotatable bonds is 2. The smallest absolute Gasteiger partial charge is 0.102 e. The average Bonchev–Trinajstić information content (AvgIpc) is 2.81. The van der Waals surface area contributed by atoms with E-state index in [0.717, 1.165) is 0 Å². The summed E-state index contributed by atoms with van der Waals surface area (Å²) < 4.78 is 0. The molecule has 0 unspecified atom stereocenters. The molecular formula is C24H8N6. The molecule has 134 valence electrons. The molecule has 0 radical (unpaired) electrons. The SMILES string of the molecule is N#Cc1cccc(-c2c(C#N)c(C#N)c(C#N)c(C#N)c2C#N)c1-c1ccccc1. The predicted octanol–water partition coefficient (Wildman–Crippen LogP) is 4.25. The molecule has 3 aromatic rings. The molecule has 30 heavy (non-hydrogen) atoms. The van der Waals surface area contributed by atoms with Crippen LogP contribution in [0.2, 0.25) is 0 Å². The molecule has 0 aliphatic heterocycles. The van der Waals surface area contributed by atoms with Crippen molar-refractivity contribution < 1.29 is 0 Å². The van der Waals surface area contributed by atoms with Gasteiger partial charge >= 0.3 is 0 Å². The Morgan fingerprint density at radius 1 is 0.433 bits per heavy atom. The minimum Gasteiger partial charge on any atom is -0.192 e. The van der Waals surface area contributed by atoms with Crippen LogP contribution in [0.4, 0.5) is 0 Å². The molecular weight excluding hydrogens is 372 g/mol. The molecule has 0 aromatic heterocycles. The molecule has 3 aromatic carbocycles. The van der Waals surface area contributed by atoms with Crippen LogP contribution in [0.25, 0.3) is 22.3 Å². The lowest BCUT2D eigenvalue weighted by Crippen LogP contribution is -2.04. The van der Waals surface area contributed by atoms with Crippen molar-refractivity contribution >= 4 is 0 Å². The predicted molar refractivity (Wildman–Crippen MR) is 106 cm³/mol. The van der Waals surface area contributed by atoms with Gasteiger partial charge in [0.05, 0.1) is 39.4 Å². The number of benzene rings is 3. The Hall–Kier alpha value is -5.40. The number of nitriles is 6. The summed E-state index contributed by atoms with van der Waals surface area (Å²) in [5, 5.41) is 58.0. The van der Waals surface area contributed by atoms with Gasteiger partial charge in [0.2, 0.25) is 0 Å². The van der Waals surface area contributed by atoms with Crippen molar-refractivity contribution in [1.82, 2.24) is 0 Å². The molecule has 0 N–H and O–H groups in total. The largest absolute Gasteiger partial charge is 0.192 e. The molecule has 0 spiro atoms. The van der Waals surface area contributed by atoms with Crippen LogP contribution in [-0.2, 0) is 0 Å². The lowest BCUT2D eigenvalue weighted by molar-refractivity contribution is 1.34. The van der Waals surface area contributed by atoms with E-state index in [9.17, 15) is 31.6 Å². The van der Waals surface area contributed by atoms with Crippen LogP contribution < -0.4 is 0 Å². The van der Waals surface area contributed by atoms with E-state index in [4.69, 9.17) is 0 Å². The Bertz CT molecular complexity index is 1390. The fraction of sp³-hybridized carbons (Fsp3) is 0. The Morgan fingerprint density at radius 3 is 1.40 bits per heavy atom. The first-order valence-electron chi connectivity index (χ1n) is 8.50. The highest BCUT2D eigenvalue weighted by Crippen LogP contribution is 2.41. The molecule has 6 nitrogen and oxygen atoms in total. The van der Waals surface area contributed by atoms with Gasteiger partial charge in [-0.2, -0.15) is 31.6 Å². The van der Waals surface area contributed by atoms with Crippen LogP contribution in [0.1, 0.15) is 33.4 Å². The van der Waals surface area contributed by atoms with Crippen molar-refractivity contribution in [2.75, 3.05) is 0 Å². The Balaban J connectivity index is 2.64. The number of hydrogen-bond donors (Lipinski definition) is 0. The van der Waals surface area contributed by atoms with E-state index in [-0.39, 0.29) is 33.4 Å². The van der Waals surface area contributed by atoms with E-state index >= 15 is 0 Å². The van der Waals surface area contributed by atoms with Crippen LogP contribution in [0.5, 0.6) is 0 Å². The van der Waals surface area contributed by atoms with E-state index in [1.165, 1.54) is 0 Å². The summed E-state index contributed by atoms with van der Waals surface area (Å²) in [6.45, 7) is 0. The zero-order valence-electron chi connectivity index (χ0n) is 15.3. The Kier molecular flexibility index (Phi) is 5.22. The van der Waals surface area contributed by atoms with Crippen LogP contribution in [-0.4, -0.2) is 0 Å². The third-order valence-electron chi connectivity index (χ3n) is 4.58. The second-order valence-electron chi connectivity index (χ2n) is 6.01. The first-order chi connectivity index (χ1) is 14.7. The Labute approximate surface area is 172 Å². The fourth-order valence-corrected chi connectivity index (χ4v) is 3.35. The molecule has 0 atom stereocenters. The molecule has 0 bridgehead atoms. The van der Waals surface area contributed by atoms with Crippen LogP contribution in [0.15, 0.2) is 48.5 Å². The van der Waals surface area contributed by atoms with Crippen molar-refractivity contribution in [3.8, 4) is 58.7 Å². The minimum absolute atomic E-state index is 0.0584. The maximum atomic E-state index is 9.82. The van der Waals surface area contributed by atoms with Gasteiger partial charge in [-0.1, -0.05) is 42.5 Å². The van der Waals surface area contributed by atoms with Gasteiger partial charge in [0.25, 0.3) is 0 Å². The van der Waals surface area contributed by atoms with Gasteiger partial charge in [-0.3, -0.25) is 0 Å². The van der Waals surface area contributed by atoms with Gasteiger partial charge in [-0.25, -0.2) is 0 Å². The second kappa shape index (κ2) is 8.09. The first-order valence-corrected chi connectivity index (χ1v) is 8.50. The van der Waals surface area contributed by atoms with Crippen LogP contribution >= 0.6 is 0 Å². The highest BCUT2D eigenvalue weighted by Gasteiger charge is 2.27. The van der Waals surface area contributed by atoms with Crippen molar-refractivity contribution in [1.29, 1.82) is 31.6 Å². The van der Waals surface area contributed by atoms with E-state index < -0.39 is 0 Å². The lowest BCUT2D eigenvalue weighted by atomic mass is 9.82. The highest BCUT2D eigenvalue weighted by atomic mass is 14.4. The summed E-state index contributed by atoms with van der Waals surface area (Å²) in [6.07, 6.45) is 0. The summed E-state index contributed by atoms with van der Waals surface area (Å²) in [4.78, 5) is 0. The first kappa shape index (κ1) is 19.4. The van der Waals surface area contributed by atoms with Gasteiger partial charge in [0.1, 0.15) is 30.3 Å². The monoisotopic (exact) mass is 380 g/mol. The standard InChI is InChI=1S/C24H8N6/c25-9-16-7-4-8-17(23(16)15-5-2-1-3-6-15)24-21(13-29)19(11-27)18(10-26)20(12-28)22(24)14-30/h1-8H. The van der Waals surface area contributed by atoms with Crippen molar-refractivity contribution in [2.45, 2.75) is 0 Å². The molecule has 3 rings (SSSR count). The molecule has 0 saturated carbocycles. The van der Waals surface area contributed by atoms with Gasteiger partial charge in [0.15, 0.2) is 0 Å². The molecule has 0 aliphatic carbocycles. The molecule has 0 saturated heterocycles. The van der Waals surface area contributed by atoms with Gasteiger partial charge < -0.3 is 0 Å². The quantitative estimate of drug-likeness (QED) is 0.650. The van der Waals surface area contributed by atoms with E-state index in [0.29, 0.717) is 22.3 Å².